The Morgan fingerprint density at radius 3 is 3.06 bits per heavy atom. The molecule has 2 N–H and O–H groups in total. The molecule has 0 spiro atoms. The van der Waals surface area contributed by atoms with Gasteiger partial charge < -0.3 is 10.5 Å². The Morgan fingerprint density at radius 1 is 1.56 bits per heavy atom. The maximum absolute atomic E-state index is 5.86. The van der Waals surface area contributed by atoms with Crippen LogP contribution in [0.25, 0.3) is 0 Å². The fraction of sp³-hybridized carbons (Fsp3) is 0.500. The molecule has 0 amide bonds. The number of nitrogen functional groups attached to an aromatic ring is 1. The summed E-state index contributed by atoms with van der Waals surface area (Å²) in [6, 6.07) is 6.54. The van der Waals surface area contributed by atoms with E-state index in [1.54, 1.807) is 0 Å². The van der Waals surface area contributed by atoms with E-state index < -0.39 is 0 Å². The van der Waals surface area contributed by atoms with Gasteiger partial charge in [-0.2, -0.15) is 0 Å². The van der Waals surface area contributed by atoms with Crippen LogP contribution in [0.15, 0.2) is 22.7 Å². The van der Waals surface area contributed by atoms with Crippen molar-refractivity contribution in [1.29, 1.82) is 0 Å². The number of hydrogen-bond donors (Lipinski definition) is 1. The summed E-state index contributed by atoms with van der Waals surface area (Å²) in [6.07, 6.45) is 1.12. The molecule has 1 unspecified atom stereocenters. The molecule has 1 aromatic rings. The van der Waals surface area contributed by atoms with Gasteiger partial charge in [0.1, 0.15) is 0 Å². The molecule has 0 aromatic heterocycles. The van der Waals surface area contributed by atoms with E-state index in [9.17, 15) is 0 Å². The molecule has 88 valence electrons. The molecule has 1 saturated heterocycles. The van der Waals surface area contributed by atoms with E-state index in [1.165, 1.54) is 5.56 Å². The Kier molecular flexibility index (Phi) is 3.84. The van der Waals surface area contributed by atoms with Crippen LogP contribution in [-0.4, -0.2) is 31.2 Å². The van der Waals surface area contributed by atoms with Gasteiger partial charge in [0.05, 0.1) is 6.61 Å². The molecule has 1 aliphatic heterocycles. The lowest BCUT2D eigenvalue weighted by atomic mass is 10.1. The van der Waals surface area contributed by atoms with E-state index >= 15 is 0 Å². The molecule has 0 saturated carbocycles. The van der Waals surface area contributed by atoms with Crippen LogP contribution in [0.2, 0.25) is 0 Å². The predicted molar refractivity (Wildman–Crippen MR) is 69.2 cm³/mol. The van der Waals surface area contributed by atoms with Crippen molar-refractivity contribution in [3.05, 3.63) is 28.2 Å². The summed E-state index contributed by atoms with van der Waals surface area (Å²) in [6.45, 7) is 2.63. The Bertz CT molecular complexity index is 364. The smallest absolute Gasteiger partial charge is 0.0622 e. The lowest BCUT2D eigenvalue weighted by molar-refractivity contribution is 0.156. The van der Waals surface area contributed by atoms with Crippen molar-refractivity contribution in [2.24, 2.45) is 0 Å². The average Bonchev–Trinajstić information content (AvgIpc) is 2.78. The fourth-order valence-corrected chi connectivity index (χ4v) is 2.38. The van der Waals surface area contributed by atoms with Gasteiger partial charge in [-0.3, -0.25) is 4.90 Å². The van der Waals surface area contributed by atoms with Crippen LogP contribution in [0.1, 0.15) is 12.0 Å². The van der Waals surface area contributed by atoms with Gasteiger partial charge in [-0.1, -0.05) is 12.1 Å². The van der Waals surface area contributed by atoms with Gasteiger partial charge in [0.25, 0.3) is 0 Å². The van der Waals surface area contributed by atoms with Gasteiger partial charge in [-0.25, -0.2) is 0 Å². The number of halogens is 1. The van der Waals surface area contributed by atoms with E-state index in [4.69, 9.17) is 10.5 Å². The summed E-state index contributed by atoms with van der Waals surface area (Å²) >= 11 is 3.53. The second-order valence-corrected chi connectivity index (χ2v) is 5.05. The minimum Gasteiger partial charge on any atom is -0.398 e. The zero-order valence-electron chi connectivity index (χ0n) is 9.45. The van der Waals surface area contributed by atoms with E-state index in [1.807, 2.05) is 12.1 Å². The quantitative estimate of drug-likeness (QED) is 0.866. The van der Waals surface area contributed by atoms with Crippen LogP contribution in [0.3, 0.4) is 0 Å². The summed E-state index contributed by atoms with van der Waals surface area (Å²) in [5.74, 6) is 0. The number of nitrogens with zero attached hydrogens (tertiary/aromatic N) is 1. The van der Waals surface area contributed by atoms with Crippen LogP contribution < -0.4 is 5.73 Å². The molecule has 1 aliphatic rings. The highest BCUT2D eigenvalue weighted by Crippen LogP contribution is 2.25. The highest BCUT2D eigenvalue weighted by molar-refractivity contribution is 9.10. The first-order valence-corrected chi connectivity index (χ1v) is 6.28. The Balaban J connectivity index is 2.05. The highest BCUT2D eigenvalue weighted by Gasteiger charge is 2.20. The van der Waals surface area contributed by atoms with E-state index in [-0.39, 0.29) is 0 Å². The summed E-state index contributed by atoms with van der Waals surface area (Å²) < 4.78 is 6.41. The second-order valence-electron chi connectivity index (χ2n) is 4.25. The molecule has 1 aromatic carbocycles. The summed E-state index contributed by atoms with van der Waals surface area (Å²) in [5.41, 5.74) is 7.89. The molecule has 0 bridgehead atoms. The van der Waals surface area contributed by atoms with Crippen molar-refractivity contribution < 1.29 is 4.74 Å². The predicted octanol–water partition coefficient (Wildman–Crippen LogP) is 2.25. The Hall–Kier alpha value is -0.580. The third kappa shape index (κ3) is 2.56. The van der Waals surface area contributed by atoms with Gasteiger partial charge in [0.15, 0.2) is 0 Å². The van der Waals surface area contributed by atoms with Crippen LogP contribution in [0, 0.1) is 0 Å². The van der Waals surface area contributed by atoms with Gasteiger partial charge >= 0.3 is 0 Å². The van der Waals surface area contributed by atoms with E-state index in [0.29, 0.717) is 6.04 Å². The standard InChI is InChI=1S/C12H17BrN2O/c1-15(10-5-6-16-8-10)7-9-3-2-4-11(14)12(9)13/h2-4,10H,5-8,14H2,1H3. The molecule has 3 nitrogen and oxygen atoms in total. The van der Waals surface area contributed by atoms with Gasteiger partial charge in [0.2, 0.25) is 0 Å². The first-order valence-electron chi connectivity index (χ1n) is 5.49. The SMILES string of the molecule is CN(Cc1cccc(N)c1Br)C1CCOC1. The molecule has 1 atom stereocenters. The maximum atomic E-state index is 5.86. The number of rotatable bonds is 3. The number of hydrogen-bond acceptors (Lipinski definition) is 3. The van der Waals surface area contributed by atoms with Crippen molar-refractivity contribution >= 4 is 21.6 Å². The van der Waals surface area contributed by atoms with Crippen molar-refractivity contribution in [1.82, 2.24) is 4.90 Å². The van der Waals surface area contributed by atoms with Crippen LogP contribution >= 0.6 is 15.9 Å². The first-order chi connectivity index (χ1) is 7.68. The fourth-order valence-electron chi connectivity index (χ4n) is 1.99. The third-order valence-corrected chi connectivity index (χ3v) is 4.02. The molecule has 16 heavy (non-hydrogen) atoms. The molecular weight excluding hydrogens is 268 g/mol. The largest absolute Gasteiger partial charge is 0.398 e. The summed E-state index contributed by atoms with van der Waals surface area (Å²) in [4.78, 5) is 2.33. The summed E-state index contributed by atoms with van der Waals surface area (Å²) in [5, 5.41) is 0. The number of benzene rings is 1. The molecule has 0 aliphatic carbocycles. The zero-order valence-corrected chi connectivity index (χ0v) is 11.0. The third-order valence-electron chi connectivity index (χ3n) is 3.06. The van der Waals surface area contributed by atoms with Crippen molar-refractivity contribution in [3.8, 4) is 0 Å². The molecular formula is C12H17BrN2O. The lowest BCUT2D eigenvalue weighted by Crippen LogP contribution is -2.31. The average molecular weight is 285 g/mol. The number of likely N-dealkylation sites (N-methyl/N-ethyl adjacent to an activating group) is 1. The molecule has 4 heteroatoms. The Labute approximate surface area is 105 Å². The monoisotopic (exact) mass is 284 g/mol. The Morgan fingerprint density at radius 2 is 2.38 bits per heavy atom. The van der Waals surface area contributed by atoms with Crippen LogP contribution in [0.5, 0.6) is 0 Å². The molecule has 2 rings (SSSR count). The maximum Gasteiger partial charge on any atom is 0.0622 e. The van der Waals surface area contributed by atoms with Gasteiger partial charge in [-0.15, -0.1) is 0 Å². The van der Waals surface area contributed by atoms with Gasteiger partial charge in [0, 0.05) is 29.4 Å². The van der Waals surface area contributed by atoms with Crippen LogP contribution in [0.4, 0.5) is 5.69 Å². The van der Waals surface area contributed by atoms with E-state index in [2.05, 4.69) is 33.9 Å². The van der Waals surface area contributed by atoms with Gasteiger partial charge in [-0.05, 0) is 41.0 Å². The minimum absolute atomic E-state index is 0.535. The molecule has 0 radical (unpaired) electrons. The first kappa shape index (κ1) is 11.9. The number of ether oxygens (including phenoxy) is 1. The normalized spacial score (nSPS) is 20.6. The molecule has 1 fully saturated rings. The minimum atomic E-state index is 0.535. The molecule has 1 heterocycles. The van der Waals surface area contributed by atoms with E-state index in [0.717, 1.165) is 36.3 Å². The number of anilines is 1. The van der Waals surface area contributed by atoms with Crippen LogP contribution in [-0.2, 0) is 11.3 Å². The lowest BCUT2D eigenvalue weighted by Gasteiger charge is -2.23. The highest BCUT2D eigenvalue weighted by atomic mass is 79.9. The topological polar surface area (TPSA) is 38.5 Å². The second kappa shape index (κ2) is 5.17. The zero-order chi connectivity index (χ0) is 11.5. The van der Waals surface area contributed by atoms with Crippen molar-refractivity contribution in [2.75, 3.05) is 26.0 Å². The number of nitrogens with two attached hydrogens (primary N) is 1. The van der Waals surface area contributed by atoms with Crippen molar-refractivity contribution in [2.45, 2.75) is 19.0 Å². The summed E-state index contributed by atoms with van der Waals surface area (Å²) in [7, 11) is 2.13. The van der Waals surface area contributed by atoms with Crippen molar-refractivity contribution in [3.63, 3.8) is 0 Å².